The first-order chi connectivity index (χ1) is 10.6. The summed E-state index contributed by atoms with van der Waals surface area (Å²) in [5, 5.41) is 2.25. The third kappa shape index (κ3) is 3.45. The van der Waals surface area contributed by atoms with Crippen LogP contribution in [0.15, 0.2) is 42.5 Å². The van der Waals surface area contributed by atoms with E-state index in [2.05, 4.69) is 0 Å². The number of carbonyl (C=O) groups is 2. The summed E-state index contributed by atoms with van der Waals surface area (Å²) in [6.45, 7) is 1.69. The lowest BCUT2D eigenvalue weighted by molar-refractivity contribution is -0.156. The Kier molecular flexibility index (Phi) is 5.15. The van der Waals surface area contributed by atoms with E-state index in [0.717, 1.165) is 16.3 Å². The van der Waals surface area contributed by atoms with Gasteiger partial charge in [0.1, 0.15) is 0 Å². The molecule has 0 saturated heterocycles. The van der Waals surface area contributed by atoms with Gasteiger partial charge >= 0.3 is 11.9 Å². The van der Waals surface area contributed by atoms with Crippen molar-refractivity contribution in [1.29, 1.82) is 0 Å². The van der Waals surface area contributed by atoms with E-state index in [1.807, 2.05) is 42.5 Å². The van der Waals surface area contributed by atoms with Gasteiger partial charge in [0.05, 0.1) is 26.1 Å². The molecule has 116 valence electrons. The highest BCUT2D eigenvalue weighted by Gasteiger charge is 2.31. The van der Waals surface area contributed by atoms with Crippen molar-refractivity contribution in [1.82, 2.24) is 0 Å². The topological polar surface area (TPSA) is 52.6 Å². The first-order valence-corrected chi connectivity index (χ1v) is 7.20. The molecule has 0 spiro atoms. The fourth-order valence-electron chi connectivity index (χ4n) is 2.59. The fraction of sp³-hybridized carbons (Fsp3) is 0.333. The molecule has 4 heteroatoms. The van der Waals surface area contributed by atoms with Gasteiger partial charge in [-0.25, -0.2) is 0 Å². The summed E-state index contributed by atoms with van der Waals surface area (Å²) in [4.78, 5) is 23.8. The lowest BCUT2D eigenvalue weighted by Crippen LogP contribution is -2.31. The van der Waals surface area contributed by atoms with Gasteiger partial charge in [-0.2, -0.15) is 0 Å². The number of esters is 2. The third-order valence-corrected chi connectivity index (χ3v) is 3.95. The number of hydrogen-bond acceptors (Lipinski definition) is 4. The Morgan fingerprint density at radius 3 is 2.23 bits per heavy atom. The molecule has 0 fully saturated rings. The summed E-state index contributed by atoms with van der Waals surface area (Å²) < 4.78 is 9.59. The van der Waals surface area contributed by atoms with Crippen molar-refractivity contribution in [3.05, 3.63) is 48.0 Å². The van der Waals surface area contributed by atoms with Crippen LogP contribution in [0.5, 0.6) is 0 Å². The largest absolute Gasteiger partial charge is 0.469 e. The van der Waals surface area contributed by atoms with Crippen LogP contribution in [-0.4, -0.2) is 26.2 Å². The van der Waals surface area contributed by atoms with Gasteiger partial charge in [0.2, 0.25) is 0 Å². The van der Waals surface area contributed by atoms with Crippen molar-refractivity contribution in [2.75, 3.05) is 14.2 Å². The van der Waals surface area contributed by atoms with Gasteiger partial charge in [-0.15, -0.1) is 0 Å². The van der Waals surface area contributed by atoms with Crippen LogP contribution in [0.3, 0.4) is 0 Å². The number of carbonyl (C=O) groups excluding carboxylic acids is 2. The second kappa shape index (κ2) is 7.07. The zero-order chi connectivity index (χ0) is 16.1. The van der Waals surface area contributed by atoms with E-state index in [1.165, 1.54) is 14.2 Å². The average molecular weight is 300 g/mol. The van der Waals surface area contributed by atoms with Crippen molar-refractivity contribution in [2.45, 2.75) is 13.3 Å². The minimum absolute atomic E-state index is 0.397. The van der Waals surface area contributed by atoms with Crippen LogP contribution in [0.1, 0.15) is 12.5 Å². The van der Waals surface area contributed by atoms with E-state index in [1.54, 1.807) is 6.92 Å². The normalized spacial score (nSPS) is 13.4. The number of hydrogen-bond donors (Lipinski definition) is 0. The number of fused-ring (bicyclic) bond motifs is 1. The van der Waals surface area contributed by atoms with Crippen LogP contribution in [0, 0.1) is 11.8 Å². The second-order valence-electron chi connectivity index (χ2n) is 5.33. The van der Waals surface area contributed by atoms with Gasteiger partial charge in [0.25, 0.3) is 0 Å². The molecule has 0 heterocycles. The molecule has 0 aliphatic carbocycles. The van der Waals surface area contributed by atoms with Gasteiger partial charge in [-0.1, -0.05) is 49.4 Å². The molecule has 0 bridgehead atoms. The molecule has 0 radical (unpaired) electrons. The summed E-state index contributed by atoms with van der Waals surface area (Å²) in [7, 11) is 2.66. The summed E-state index contributed by atoms with van der Waals surface area (Å²) in [5.74, 6) is -1.91. The second-order valence-corrected chi connectivity index (χ2v) is 5.33. The molecule has 2 aromatic rings. The van der Waals surface area contributed by atoms with Crippen LogP contribution < -0.4 is 0 Å². The standard InChI is InChI=1S/C18H20O4/c1-12(17(19)21-2)16(18(20)22-3)11-13-8-9-14-6-4-5-7-15(14)10-13/h4-10,12,16H,11H2,1-3H3/t12-,16+/m0/s1. The van der Waals surface area contributed by atoms with Crippen molar-refractivity contribution >= 4 is 22.7 Å². The Balaban J connectivity index is 2.28. The maximum atomic E-state index is 12.0. The lowest BCUT2D eigenvalue weighted by Gasteiger charge is -2.20. The highest BCUT2D eigenvalue weighted by molar-refractivity contribution is 5.84. The molecular formula is C18H20O4. The Bertz CT molecular complexity index is 678. The Labute approximate surface area is 130 Å². The minimum Gasteiger partial charge on any atom is -0.469 e. The summed E-state index contributed by atoms with van der Waals surface area (Å²) in [6, 6.07) is 14.0. The lowest BCUT2D eigenvalue weighted by atomic mass is 9.87. The van der Waals surface area contributed by atoms with E-state index < -0.39 is 23.8 Å². The molecule has 0 unspecified atom stereocenters. The van der Waals surface area contributed by atoms with E-state index in [0.29, 0.717) is 6.42 Å². The SMILES string of the molecule is COC(=O)[C@@H](C)[C@@H](Cc1ccc2ccccc2c1)C(=O)OC. The molecule has 22 heavy (non-hydrogen) atoms. The Hall–Kier alpha value is -2.36. The number of rotatable bonds is 5. The number of ether oxygens (including phenoxy) is 2. The van der Waals surface area contributed by atoms with Crippen LogP contribution >= 0.6 is 0 Å². The van der Waals surface area contributed by atoms with Crippen molar-refractivity contribution in [3.8, 4) is 0 Å². The zero-order valence-corrected chi connectivity index (χ0v) is 13.0. The predicted molar refractivity (Wildman–Crippen MR) is 84.3 cm³/mol. The molecule has 0 aliphatic heterocycles. The van der Waals surface area contributed by atoms with Crippen LogP contribution in [0.2, 0.25) is 0 Å². The van der Waals surface area contributed by atoms with Gasteiger partial charge in [-0.3, -0.25) is 9.59 Å². The maximum Gasteiger partial charge on any atom is 0.309 e. The van der Waals surface area contributed by atoms with Crippen molar-refractivity contribution in [2.24, 2.45) is 11.8 Å². The molecule has 0 N–H and O–H groups in total. The van der Waals surface area contributed by atoms with Crippen molar-refractivity contribution in [3.63, 3.8) is 0 Å². The molecule has 0 amide bonds. The highest BCUT2D eigenvalue weighted by Crippen LogP contribution is 2.23. The van der Waals surface area contributed by atoms with E-state index in [4.69, 9.17) is 9.47 Å². The van der Waals surface area contributed by atoms with Crippen LogP contribution in [0.25, 0.3) is 10.8 Å². The molecular weight excluding hydrogens is 280 g/mol. The van der Waals surface area contributed by atoms with Gasteiger partial charge < -0.3 is 9.47 Å². The van der Waals surface area contributed by atoms with Crippen LogP contribution in [0.4, 0.5) is 0 Å². The van der Waals surface area contributed by atoms with Crippen molar-refractivity contribution < 1.29 is 19.1 Å². The molecule has 2 aromatic carbocycles. The summed E-state index contributed by atoms with van der Waals surface area (Å²) >= 11 is 0. The number of benzene rings is 2. The van der Waals surface area contributed by atoms with E-state index in [-0.39, 0.29) is 0 Å². The molecule has 0 saturated carbocycles. The predicted octanol–water partition coefficient (Wildman–Crippen LogP) is 2.98. The first kappa shape index (κ1) is 16.0. The van der Waals surface area contributed by atoms with Crippen LogP contribution in [-0.2, 0) is 25.5 Å². The number of methoxy groups -OCH3 is 2. The quantitative estimate of drug-likeness (QED) is 0.797. The third-order valence-electron chi connectivity index (χ3n) is 3.95. The summed E-state index contributed by atoms with van der Waals surface area (Å²) in [5.41, 5.74) is 0.991. The summed E-state index contributed by atoms with van der Waals surface area (Å²) in [6.07, 6.45) is 0.438. The monoisotopic (exact) mass is 300 g/mol. The highest BCUT2D eigenvalue weighted by atomic mass is 16.5. The minimum atomic E-state index is -0.557. The Morgan fingerprint density at radius 2 is 1.59 bits per heavy atom. The maximum absolute atomic E-state index is 12.0. The molecule has 0 aliphatic rings. The van der Waals surface area contributed by atoms with E-state index in [9.17, 15) is 9.59 Å². The first-order valence-electron chi connectivity index (χ1n) is 7.20. The fourth-order valence-corrected chi connectivity index (χ4v) is 2.59. The van der Waals surface area contributed by atoms with E-state index >= 15 is 0 Å². The van der Waals surface area contributed by atoms with Gasteiger partial charge in [-0.05, 0) is 22.8 Å². The smallest absolute Gasteiger partial charge is 0.309 e. The molecule has 0 aromatic heterocycles. The average Bonchev–Trinajstić information content (AvgIpc) is 2.57. The van der Waals surface area contributed by atoms with Gasteiger partial charge in [0, 0.05) is 0 Å². The van der Waals surface area contributed by atoms with Gasteiger partial charge in [0.15, 0.2) is 0 Å². The molecule has 2 rings (SSSR count). The molecule has 4 nitrogen and oxygen atoms in total. The Morgan fingerprint density at radius 1 is 0.955 bits per heavy atom. The zero-order valence-electron chi connectivity index (χ0n) is 13.0. The molecule has 2 atom stereocenters.